The maximum absolute atomic E-state index is 12.6. The normalized spacial score (nSPS) is 14.1. The Labute approximate surface area is 116 Å². The predicted molar refractivity (Wildman–Crippen MR) is 76.5 cm³/mol. The number of aromatic nitrogens is 1. The first-order chi connectivity index (χ1) is 9.29. The number of hydrogen-bond donors (Lipinski definition) is 1. The molecule has 1 N–H and O–H groups in total. The van der Waals surface area contributed by atoms with Crippen LogP contribution in [0, 0.1) is 0 Å². The summed E-state index contributed by atoms with van der Waals surface area (Å²) >= 11 is 1.78. The Balaban J connectivity index is 1.85. The molecule has 4 nitrogen and oxygen atoms in total. The summed E-state index contributed by atoms with van der Waals surface area (Å²) in [5.74, 6) is 0.0503. The highest BCUT2D eigenvalue weighted by Gasteiger charge is 2.24. The van der Waals surface area contributed by atoms with Crippen molar-refractivity contribution in [2.45, 2.75) is 13.0 Å². The van der Waals surface area contributed by atoms with Crippen molar-refractivity contribution in [3.8, 4) is 0 Å². The van der Waals surface area contributed by atoms with Crippen LogP contribution in [0.1, 0.15) is 20.8 Å². The van der Waals surface area contributed by atoms with Crippen LogP contribution in [0.4, 0.5) is 5.69 Å². The molecule has 2 aromatic heterocycles. The molecule has 1 aliphatic rings. The van der Waals surface area contributed by atoms with Gasteiger partial charge in [0.25, 0.3) is 5.91 Å². The first-order valence-corrected chi connectivity index (χ1v) is 7.14. The van der Waals surface area contributed by atoms with Gasteiger partial charge in [-0.15, -0.1) is 11.3 Å². The number of nitrogens with zero attached hydrogens (tertiary/aromatic N) is 2. The van der Waals surface area contributed by atoms with E-state index in [9.17, 15) is 4.79 Å². The zero-order valence-electron chi connectivity index (χ0n) is 10.7. The molecule has 2 aromatic rings. The number of carbonyl (C=O) groups is 1. The van der Waals surface area contributed by atoms with Crippen molar-refractivity contribution in [3.63, 3.8) is 0 Å². The minimum atomic E-state index is 0.0503. The summed E-state index contributed by atoms with van der Waals surface area (Å²) in [4.78, 5) is 19.9. The first kappa shape index (κ1) is 12.2. The molecule has 0 unspecified atom stereocenters. The van der Waals surface area contributed by atoms with Gasteiger partial charge in [-0.3, -0.25) is 9.78 Å². The molecule has 98 valence electrons. The number of carbonyl (C=O) groups excluding carboxylic acids is 1. The van der Waals surface area contributed by atoms with Crippen molar-refractivity contribution in [2.75, 3.05) is 18.9 Å². The SMILES string of the molecule is CNc1ccncc1C(=O)N1CCc2sccc2C1. The lowest BCUT2D eigenvalue weighted by Crippen LogP contribution is -2.35. The molecule has 0 aromatic carbocycles. The zero-order valence-corrected chi connectivity index (χ0v) is 11.5. The number of fused-ring (bicyclic) bond motifs is 1. The highest BCUT2D eigenvalue weighted by molar-refractivity contribution is 7.10. The van der Waals surface area contributed by atoms with E-state index < -0.39 is 0 Å². The molecule has 0 bridgehead atoms. The third kappa shape index (κ3) is 2.21. The Kier molecular flexibility index (Phi) is 3.21. The zero-order chi connectivity index (χ0) is 13.2. The highest BCUT2D eigenvalue weighted by Crippen LogP contribution is 2.26. The molecule has 0 fully saturated rings. The van der Waals surface area contributed by atoms with Crippen LogP contribution < -0.4 is 5.32 Å². The Morgan fingerprint density at radius 1 is 1.47 bits per heavy atom. The van der Waals surface area contributed by atoms with E-state index in [0.29, 0.717) is 12.1 Å². The van der Waals surface area contributed by atoms with Crippen LogP contribution in [-0.4, -0.2) is 29.4 Å². The molecule has 1 aliphatic heterocycles. The van der Waals surface area contributed by atoms with Gasteiger partial charge in [-0.1, -0.05) is 0 Å². The molecule has 0 radical (unpaired) electrons. The van der Waals surface area contributed by atoms with Crippen LogP contribution in [-0.2, 0) is 13.0 Å². The van der Waals surface area contributed by atoms with E-state index in [1.54, 1.807) is 23.7 Å². The Bertz CT molecular complexity index is 608. The number of pyridine rings is 1. The van der Waals surface area contributed by atoms with Gasteiger partial charge < -0.3 is 10.2 Å². The maximum atomic E-state index is 12.6. The Morgan fingerprint density at radius 3 is 3.21 bits per heavy atom. The van der Waals surface area contributed by atoms with Crippen LogP contribution in [0.2, 0.25) is 0 Å². The van der Waals surface area contributed by atoms with E-state index in [2.05, 4.69) is 21.7 Å². The second kappa shape index (κ2) is 5.01. The molecule has 0 aliphatic carbocycles. The summed E-state index contributed by atoms with van der Waals surface area (Å²) in [5, 5.41) is 5.14. The number of hydrogen-bond acceptors (Lipinski definition) is 4. The molecule has 3 rings (SSSR count). The third-order valence-corrected chi connectivity index (χ3v) is 4.44. The second-order valence-electron chi connectivity index (χ2n) is 4.52. The van der Waals surface area contributed by atoms with Gasteiger partial charge in [-0.05, 0) is 29.5 Å². The molecule has 0 atom stereocenters. The molecular weight excluding hydrogens is 258 g/mol. The van der Waals surface area contributed by atoms with E-state index in [4.69, 9.17) is 0 Å². The average Bonchev–Trinajstić information content (AvgIpc) is 2.93. The molecule has 0 saturated carbocycles. The summed E-state index contributed by atoms with van der Waals surface area (Å²) in [6, 6.07) is 3.94. The number of thiophene rings is 1. The number of amides is 1. The van der Waals surface area contributed by atoms with Crippen molar-refractivity contribution in [1.29, 1.82) is 0 Å². The molecule has 5 heteroatoms. The summed E-state index contributed by atoms with van der Waals surface area (Å²) in [6.45, 7) is 1.49. The van der Waals surface area contributed by atoms with Crippen molar-refractivity contribution < 1.29 is 4.79 Å². The molecule has 19 heavy (non-hydrogen) atoms. The fourth-order valence-corrected chi connectivity index (χ4v) is 3.26. The minimum Gasteiger partial charge on any atom is -0.387 e. The maximum Gasteiger partial charge on any atom is 0.257 e. The molecule has 3 heterocycles. The van der Waals surface area contributed by atoms with Gasteiger partial charge in [0, 0.05) is 43.1 Å². The van der Waals surface area contributed by atoms with Gasteiger partial charge >= 0.3 is 0 Å². The lowest BCUT2D eigenvalue weighted by Gasteiger charge is -2.27. The monoisotopic (exact) mass is 273 g/mol. The average molecular weight is 273 g/mol. The van der Waals surface area contributed by atoms with Gasteiger partial charge in [0.15, 0.2) is 0 Å². The summed E-state index contributed by atoms with van der Waals surface area (Å²) in [7, 11) is 1.82. The van der Waals surface area contributed by atoms with Gasteiger partial charge in [0.1, 0.15) is 0 Å². The van der Waals surface area contributed by atoms with Crippen LogP contribution in [0.25, 0.3) is 0 Å². The van der Waals surface area contributed by atoms with Gasteiger partial charge in [-0.2, -0.15) is 0 Å². The Morgan fingerprint density at radius 2 is 2.37 bits per heavy atom. The number of rotatable bonds is 2. The van der Waals surface area contributed by atoms with Crippen molar-refractivity contribution in [3.05, 3.63) is 45.9 Å². The highest BCUT2D eigenvalue weighted by atomic mass is 32.1. The summed E-state index contributed by atoms with van der Waals surface area (Å²) in [5.41, 5.74) is 2.75. The predicted octanol–water partition coefficient (Wildman–Crippen LogP) is 2.38. The number of nitrogens with one attached hydrogen (secondary N) is 1. The molecular formula is C14H15N3OS. The van der Waals surface area contributed by atoms with Crippen molar-refractivity contribution in [2.24, 2.45) is 0 Å². The van der Waals surface area contributed by atoms with E-state index in [-0.39, 0.29) is 5.91 Å². The van der Waals surface area contributed by atoms with Gasteiger partial charge in [0.2, 0.25) is 0 Å². The third-order valence-electron chi connectivity index (χ3n) is 3.42. The van der Waals surface area contributed by atoms with Gasteiger partial charge in [0.05, 0.1) is 5.56 Å². The topological polar surface area (TPSA) is 45.2 Å². The first-order valence-electron chi connectivity index (χ1n) is 6.26. The fraction of sp³-hybridized carbons (Fsp3) is 0.286. The van der Waals surface area contributed by atoms with Crippen molar-refractivity contribution in [1.82, 2.24) is 9.88 Å². The summed E-state index contributed by atoms with van der Waals surface area (Å²) < 4.78 is 0. The second-order valence-corrected chi connectivity index (χ2v) is 5.52. The number of anilines is 1. The Hall–Kier alpha value is -1.88. The minimum absolute atomic E-state index is 0.0503. The molecule has 0 saturated heterocycles. The fourth-order valence-electron chi connectivity index (χ4n) is 2.38. The van der Waals surface area contributed by atoms with Crippen LogP contribution in [0.5, 0.6) is 0 Å². The smallest absolute Gasteiger partial charge is 0.257 e. The van der Waals surface area contributed by atoms with Gasteiger partial charge in [-0.25, -0.2) is 0 Å². The quantitative estimate of drug-likeness (QED) is 0.913. The summed E-state index contributed by atoms with van der Waals surface area (Å²) in [6.07, 6.45) is 4.28. The molecule has 1 amide bonds. The molecule has 0 spiro atoms. The van der Waals surface area contributed by atoms with Crippen LogP contribution in [0.15, 0.2) is 29.9 Å². The van der Waals surface area contributed by atoms with E-state index in [1.165, 1.54) is 10.4 Å². The van der Waals surface area contributed by atoms with E-state index >= 15 is 0 Å². The van der Waals surface area contributed by atoms with Crippen LogP contribution in [0.3, 0.4) is 0 Å². The largest absolute Gasteiger partial charge is 0.387 e. The lowest BCUT2D eigenvalue weighted by atomic mass is 10.1. The van der Waals surface area contributed by atoms with E-state index in [1.807, 2.05) is 18.0 Å². The van der Waals surface area contributed by atoms with Crippen molar-refractivity contribution >= 4 is 22.9 Å². The lowest BCUT2D eigenvalue weighted by molar-refractivity contribution is 0.0736. The van der Waals surface area contributed by atoms with Crippen LogP contribution >= 0.6 is 11.3 Å². The standard InChI is InChI=1S/C14H15N3OS/c1-15-12-2-5-16-8-11(12)14(18)17-6-3-13-10(9-17)4-7-19-13/h2,4-5,7-8H,3,6,9H2,1H3,(H,15,16). The van der Waals surface area contributed by atoms with E-state index in [0.717, 1.165) is 18.7 Å².